The standard InChI is InChI=1S/C18H21N3O4/c1-13(21-17(23)14-6-3-2-4-7-14)12-16(22)19-9-10-20-18(24)15-8-5-11-25-15/h2-8,11,13H,9-10,12H2,1H3,(H,19,22)(H,20,24)(H,21,23). The van der Waals surface area contributed by atoms with Gasteiger partial charge in [-0.15, -0.1) is 0 Å². The average molecular weight is 343 g/mol. The number of benzene rings is 1. The second-order valence-electron chi connectivity index (χ2n) is 5.53. The molecule has 0 aliphatic rings. The molecule has 1 atom stereocenters. The molecule has 25 heavy (non-hydrogen) atoms. The second-order valence-corrected chi connectivity index (χ2v) is 5.53. The van der Waals surface area contributed by atoms with Crippen molar-refractivity contribution < 1.29 is 18.8 Å². The van der Waals surface area contributed by atoms with E-state index in [1.807, 2.05) is 6.07 Å². The summed E-state index contributed by atoms with van der Waals surface area (Å²) in [6, 6.07) is 11.7. The Balaban J connectivity index is 1.63. The van der Waals surface area contributed by atoms with E-state index in [9.17, 15) is 14.4 Å². The summed E-state index contributed by atoms with van der Waals surface area (Å²) in [5, 5.41) is 8.09. The fraction of sp³-hybridized carbons (Fsp3) is 0.278. The first-order valence-electron chi connectivity index (χ1n) is 8.00. The van der Waals surface area contributed by atoms with Crippen LogP contribution in [-0.2, 0) is 4.79 Å². The van der Waals surface area contributed by atoms with Crippen molar-refractivity contribution >= 4 is 17.7 Å². The Bertz CT molecular complexity index is 698. The van der Waals surface area contributed by atoms with Crippen molar-refractivity contribution in [2.24, 2.45) is 0 Å². The van der Waals surface area contributed by atoms with Crippen LogP contribution >= 0.6 is 0 Å². The quantitative estimate of drug-likeness (QED) is 0.630. The van der Waals surface area contributed by atoms with Gasteiger partial charge in [0, 0.05) is 31.1 Å². The summed E-state index contributed by atoms with van der Waals surface area (Å²) in [6.07, 6.45) is 1.58. The zero-order valence-corrected chi connectivity index (χ0v) is 14.0. The lowest BCUT2D eigenvalue weighted by Crippen LogP contribution is -2.39. The Hall–Kier alpha value is -3.09. The molecule has 2 rings (SSSR count). The van der Waals surface area contributed by atoms with E-state index in [2.05, 4.69) is 16.0 Å². The van der Waals surface area contributed by atoms with Crippen LogP contribution in [0.1, 0.15) is 34.3 Å². The highest BCUT2D eigenvalue weighted by Gasteiger charge is 2.13. The molecule has 1 aromatic carbocycles. The van der Waals surface area contributed by atoms with Crippen LogP contribution in [0.2, 0.25) is 0 Å². The number of amides is 3. The summed E-state index contributed by atoms with van der Waals surface area (Å²) in [7, 11) is 0. The molecule has 0 fully saturated rings. The number of rotatable bonds is 8. The molecule has 3 amide bonds. The summed E-state index contributed by atoms with van der Waals surface area (Å²) >= 11 is 0. The molecule has 0 aliphatic heterocycles. The highest BCUT2D eigenvalue weighted by atomic mass is 16.3. The fourth-order valence-electron chi connectivity index (χ4n) is 2.17. The minimum absolute atomic E-state index is 0.157. The lowest BCUT2D eigenvalue weighted by Gasteiger charge is -2.14. The molecule has 1 heterocycles. The zero-order valence-electron chi connectivity index (χ0n) is 14.0. The van der Waals surface area contributed by atoms with Crippen molar-refractivity contribution in [3.8, 4) is 0 Å². The van der Waals surface area contributed by atoms with E-state index in [1.165, 1.54) is 6.26 Å². The Morgan fingerprint density at radius 3 is 2.36 bits per heavy atom. The van der Waals surface area contributed by atoms with Gasteiger partial charge in [0.2, 0.25) is 5.91 Å². The summed E-state index contributed by atoms with van der Waals surface area (Å²) in [4.78, 5) is 35.5. The van der Waals surface area contributed by atoms with Crippen molar-refractivity contribution in [2.45, 2.75) is 19.4 Å². The van der Waals surface area contributed by atoms with Crippen LogP contribution in [0.5, 0.6) is 0 Å². The van der Waals surface area contributed by atoms with E-state index in [4.69, 9.17) is 4.42 Å². The molecular formula is C18H21N3O4. The molecule has 2 aromatic rings. The second kappa shape index (κ2) is 9.27. The Morgan fingerprint density at radius 1 is 0.960 bits per heavy atom. The molecule has 0 spiro atoms. The van der Waals surface area contributed by atoms with Crippen LogP contribution in [-0.4, -0.2) is 36.9 Å². The summed E-state index contributed by atoms with van der Waals surface area (Å²) in [6.45, 7) is 2.35. The molecular weight excluding hydrogens is 322 g/mol. The van der Waals surface area contributed by atoms with Crippen LogP contribution in [0.15, 0.2) is 53.1 Å². The maximum Gasteiger partial charge on any atom is 0.287 e. The van der Waals surface area contributed by atoms with Crippen molar-refractivity contribution in [1.29, 1.82) is 0 Å². The topological polar surface area (TPSA) is 100 Å². The predicted molar refractivity (Wildman–Crippen MR) is 92.0 cm³/mol. The molecule has 1 aromatic heterocycles. The number of hydrogen-bond donors (Lipinski definition) is 3. The van der Waals surface area contributed by atoms with Crippen molar-refractivity contribution in [3.63, 3.8) is 0 Å². The average Bonchev–Trinajstić information content (AvgIpc) is 3.14. The molecule has 7 nitrogen and oxygen atoms in total. The number of hydrogen-bond acceptors (Lipinski definition) is 4. The van der Waals surface area contributed by atoms with Gasteiger partial charge in [0.1, 0.15) is 0 Å². The first-order valence-corrected chi connectivity index (χ1v) is 8.00. The van der Waals surface area contributed by atoms with E-state index in [0.29, 0.717) is 12.1 Å². The molecule has 0 bridgehead atoms. The van der Waals surface area contributed by atoms with Gasteiger partial charge >= 0.3 is 0 Å². The summed E-state index contributed by atoms with van der Waals surface area (Å²) in [5.74, 6) is -0.522. The fourth-order valence-corrected chi connectivity index (χ4v) is 2.17. The third kappa shape index (κ3) is 6.14. The monoisotopic (exact) mass is 343 g/mol. The highest BCUT2D eigenvalue weighted by molar-refractivity contribution is 5.94. The van der Waals surface area contributed by atoms with Gasteiger partial charge in [-0.25, -0.2) is 0 Å². The molecule has 132 valence electrons. The van der Waals surface area contributed by atoms with Crippen LogP contribution in [0.25, 0.3) is 0 Å². The first kappa shape index (κ1) is 18.3. The van der Waals surface area contributed by atoms with Crippen molar-refractivity contribution in [3.05, 3.63) is 60.1 Å². The third-order valence-electron chi connectivity index (χ3n) is 3.38. The summed E-state index contributed by atoms with van der Waals surface area (Å²) in [5.41, 5.74) is 0.551. The molecule has 0 saturated carbocycles. The van der Waals surface area contributed by atoms with Crippen LogP contribution < -0.4 is 16.0 Å². The maximum absolute atomic E-state index is 12.0. The van der Waals surface area contributed by atoms with E-state index < -0.39 is 0 Å². The van der Waals surface area contributed by atoms with E-state index in [1.54, 1.807) is 43.3 Å². The van der Waals surface area contributed by atoms with Gasteiger partial charge in [0.25, 0.3) is 11.8 Å². The van der Waals surface area contributed by atoms with Gasteiger partial charge in [-0.2, -0.15) is 0 Å². The molecule has 0 saturated heterocycles. The van der Waals surface area contributed by atoms with Crippen LogP contribution in [0, 0.1) is 0 Å². The van der Waals surface area contributed by atoms with E-state index in [-0.39, 0.29) is 42.5 Å². The Labute approximate surface area is 145 Å². The zero-order chi connectivity index (χ0) is 18.1. The number of furan rings is 1. The SMILES string of the molecule is CC(CC(=O)NCCNC(=O)c1ccco1)NC(=O)c1ccccc1. The van der Waals surface area contributed by atoms with Crippen LogP contribution in [0.3, 0.4) is 0 Å². The predicted octanol–water partition coefficient (Wildman–Crippen LogP) is 1.33. The number of carbonyl (C=O) groups is 3. The lowest BCUT2D eigenvalue weighted by molar-refractivity contribution is -0.121. The molecule has 7 heteroatoms. The molecule has 1 unspecified atom stereocenters. The van der Waals surface area contributed by atoms with Gasteiger partial charge in [-0.3, -0.25) is 14.4 Å². The van der Waals surface area contributed by atoms with E-state index >= 15 is 0 Å². The molecule has 0 aliphatic carbocycles. The minimum atomic E-state index is -0.331. The first-order chi connectivity index (χ1) is 12.1. The van der Waals surface area contributed by atoms with Crippen molar-refractivity contribution in [1.82, 2.24) is 16.0 Å². The van der Waals surface area contributed by atoms with E-state index in [0.717, 1.165) is 0 Å². The third-order valence-corrected chi connectivity index (χ3v) is 3.38. The highest BCUT2D eigenvalue weighted by Crippen LogP contribution is 2.00. The van der Waals surface area contributed by atoms with Gasteiger partial charge in [-0.05, 0) is 31.2 Å². The number of nitrogens with one attached hydrogen (secondary N) is 3. The van der Waals surface area contributed by atoms with Crippen LogP contribution in [0.4, 0.5) is 0 Å². The number of carbonyl (C=O) groups excluding carboxylic acids is 3. The smallest absolute Gasteiger partial charge is 0.287 e. The lowest BCUT2D eigenvalue weighted by atomic mass is 10.1. The molecule has 0 radical (unpaired) electrons. The minimum Gasteiger partial charge on any atom is -0.459 e. The molecule has 3 N–H and O–H groups in total. The Morgan fingerprint density at radius 2 is 1.68 bits per heavy atom. The maximum atomic E-state index is 12.0. The van der Waals surface area contributed by atoms with Crippen molar-refractivity contribution in [2.75, 3.05) is 13.1 Å². The van der Waals surface area contributed by atoms with Gasteiger partial charge in [0.15, 0.2) is 5.76 Å². The van der Waals surface area contributed by atoms with Gasteiger partial charge in [0.05, 0.1) is 6.26 Å². The summed E-state index contributed by atoms with van der Waals surface area (Å²) < 4.78 is 4.96. The van der Waals surface area contributed by atoms with Gasteiger partial charge < -0.3 is 20.4 Å². The normalized spacial score (nSPS) is 11.4. The Kier molecular flexibility index (Phi) is 6.76. The largest absolute Gasteiger partial charge is 0.459 e. The van der Waals surface area contributed by atoms with Gasteiger partial charge in [-0.1, -0.05) is 18.2 Å².